The van der Waals surface area contributed by atoms with Gasteiger partial charge in [0, 0.05) is 11.3 Å². The van der Waals surface area contributed by atoms with Gasteiger partial charge in [-0.25, -0.2) is 0 Å². The van der Waals surface area contributed by atoms with Crippen molar-refractivity contribution in [2.24, 2.45) is 0 Å². The molecule has 2 nitrogen and oxygen atoms in total. The molecule has 3 heteroatoms. The van der Waals surface area contributed by atoms with Crippen LogP contribution in [0.3, 0.4) is 0 Å². The third-order valence-corrected chi connectivity index (χ3v) is 5.12. The molecule has 2 aromatic rings. The fraction of sp³-hybridized carbons (Fsp3) is 0.375. The van der Waals surface area contributed by atoms with Crippen molar-refractivity contribution >= 4 is 22.5 Å². The first-order valence-corrected chi connectivity index (χ1v) is 7.59. The van der Waals surface area contributed by atoms with Gasteiger partial charge in [0.2, 0.25) is 0 Å². The van der Waals surface area contributed by atoms with Gasteiger partial charge < -0.3 is 4.74 Å². The lowest BCUT2D eigenvalue weighted by Crippen LogP contribution is -2.35. The molecule has 1 aliphatic rings. The first kappa shape index (κ1) is 12.8. The van der Waals surface area contributed by atoms with Crippen LogP contribution in [0, 0.1) is 0 Å². The molecule has 2 aromatic carbocycles. The molecule has 0 bridgehead atoms. The fourth-order valence-corrected chi connectivity index (χ4v) is 3.85. The minimum absolute atomic E-state index is 0.226. The summed E-state index contributed by atoms with van der Waals surface area (Å²) in [6.07, 6.45) is 0. The van der Waals surface area contributed by atoms with Crippen molar-refractivity contribution in [1.82, 2.24) is 5.32 Å². The highest BCUT2D eigenvalue weighted by Crippen LogP contribution is 2.38. The van der Waals surface area contributed by atoms with E-state index in [0.717, 1.165) is 11.5 Å². The van der Waals surface area contributed by atoms with Gasteiger partial charge in [-0.2, -0.15) is 0 Å². The Morgan fingerprint density at radius 2 is 1.89 bits per heavy atom. The van der Waals surface area contributed by atoms with Crippen molar-refractivity contribution in [1.29, 1.82) is 0 Å². The van der Waals surface area contributed by atoms with E-state index in [9.17, 15) is 0 Å². The fourth-order valence-electron chi connectivity index (χ4n) is 2.44. The number of ether oxygens (including phenoxy) is 1. The predicted molar refractivity (Wildman–Crippen MR) is 82.9 cm³/mol. The van der Waals surface area contributed by atoms with E-state index in [4.69, 9.17) is 4.74 Å². The van der Waals surface area contributed by atoms with E-state index < -0.39 is 0 Å². The molecule has 1 atom stereocenters. The lowest BCUT2D eigenvalue weighted by atomic mass is 10.0. The summed E-state index contributed by atoms with van der Waals surface area (Å²) in [6.45, 7) is 4.51. The molecule has 19 heavy (non-hydrogen) atoms. The van der Waals surface area contributed by atoms with Crippen molar-refractivity contribution < 1.29 is 4.74 Å². The second-order valence-electron chi connectivity index (χ2n) is 5.69. The first-order chi connectivity index (χ1) is 9.07. The Morgan fingerprint density at radius 3 is 2.58 bits per heavy atom. The monoisotopic (exact) mass is 273 g/mol. The largest absolute Gasteiger partial charge is 0.497 e. The van der Waals surface area contributed by atoms with Crippen molar-refractivity contribution in [3.63, 3.8) is 0 Å². The third kappa shape index (κ3) is 2.58. The zero-order chi connectivity index (χ0) is 13.5. The lowest BCUT2D eigenvalue weighted by molar-refractivity contribution is 0.415. The number of hydrogen-bond acceptors (Lipinski definition) is 3. The molecule has 0 radical (unpaired) electrons. The van der Waals surface area contributed by atoms with Gasteiger partial charge in [-0.15, -0.1) is 11.8 Å². The van der Waals surface area contributed by atoms with Crippen LogP contribution in [0.15, 0.2) is 36.4 Å². The normalized spacial score (nSPS) is 21.7. The van der Waals surface area contributed by atoms with Gasteiger partial charge in [0.05, 0.1) is 12.5 Å². The molecular weight excluding hydrogens is 254 g/mol. The van der Waals surface area contributed by atoms with Crippen LogP contribution in [0.2, 0.25) is 0 Å². The number of rotatable bonds is 2. The van der Waals surface area contributed by atoms with E-state index >= 15 is 0 Å². The summed E-state index contributed by atoms with van der Waals surface area (Å²) in [5.74, 6) is 2.06. The lowest BCUT2D eigenvalue weighted by Gasteiger charge is -2.19. The molecule has 0 aromatic heterocycles. The molecule has 1 unspecified atom stereocenters. The molecule has 0 aliphatic carbocycles. The topological polar surface area (TPSA) is 21.3 Å². The second-order valence-corrected chi connectivity index (χ2v) is 6.79. The summed E-state index contributed by atoms with van der Waals surface area (Å²) >= 11 is 1.98. The van der Waals surface area contributed by atoms with Gasteiger partial charge in [-0.05, 0) is 48.4 Å². The Balaban J connectivity index is 1.94. The molecule has 3 rings (SSSR count). The Bertz CT molecular complexity index is 609. The predicted octanol–water partition coefficient (Wildman–Crippen LogP) is 3.96. The zero-order valence-corrected chi connectivity index (χ0v) is 12.4. The third-order valence-electron chi connectivity index (χ3n) is 3.51. The second kappa shape index (κ2) is 4.73. The van der Waals surface area contributed by atoms with Crippen molar-refractivity contribution in [2.75, 3.05) is 12.9 Å². The molecule has 1 heterocycles. The van der Waals surface area contributed by atoms with Crippen LogP contribution in [0.4, 0.5) is 0 Å². The standard InChI is InChI=1S/C16H19NOS/c1-16(2)10-19-15(17-16)13-5-4-12-9-14(18-3)7-6-11(12)8-13/h4-9,15,17H,10H2,1-3H3. The maximum absolute atomic E-state index is 5.26. The van der Waals surface area contributed by atoms with E-state index in [1.54, 1.807) is 7.11 Å². The van der Waals surface area contributed by atoms with Crippen molar-refractivity contribution in [3.8, 4) is 5.75 Å². The van der Waals surface area contributed by atoms with Crippen LogP contribution >= 0.6 is 11.8 Å². The molecule has 100 valence electrons. The van der Waals surface area contributed by atoms with Crippen molar-refractivity contribution in [3.05, 3.63) is 42.0 Å². The molecular formula is C16H19NOS. The van der Waals surface area contributed by atoms with Crippen LogP contribution in [-0.2, 0) is 0 Å². The Morgan fingerprint density at radius 1 is 1.16 bits per heavy atom. The molecule has 1 N–H and O–H groups in total. The molecule has 0 spiro atoms. The van der Waals surface area contributed by atoms with Crippen LogP contribution in [0.5, 0.6) is 5.75 Å². The summed E-state index contributed by atoms with van der Waals surface area (Å²) in [4.78, 5) is 0. The van der Waals surface area contributed by atoms with Gasteiger partial charge in [0.15, 0.2) is 0 Å². The summed E-state index contributed by atoms with van der Waals surface area (Å²) in [6, 6.07) is 12.9. The van der Waals surface area contributed by atoms with E-state index in [1.165, 1.54) is 16.3 Å². The van der Waals surface area contributed by atoms with E-state index in [-0.39, 0.29) is 5.54 Å². The van der Waals surface area contributed by atoms with Crippen LogP contribution in [0.25, 0.3) is 10.8 Å². The van der Waals surface area contributed by atoms with Gasteiger partial charge in [-0.3, -0.25) is 5.32 Å². The minimum Gasteiger partial charge on any atom is -0.497 e. The molecule has 0 saturated carbocycles. The number of methoxy groups -OCH3 is 1. The highest BCUT2D eigenvalue weighted by Gasteiger charge is 2.31. The number of hydrogen-bond donors (Lipinski definition) is 1. The number of thioether (sulfide) groups is 1. The Hall–Kier alpha value is -1.19. The maximum Gasteiger partial charge on any atom is 0.119 e. The van der Waals surface area contributed by atoms with Crippen LogP contribution in [-0.4, -0.2) is 18.4 Å². The van der Waals surface area contributed by atoms with Gasteiger partial charge in [0.25, 0.3) is 0 Å². The number of fused-ring (bicyclic) bond motifs is 1. The van der Waals surface area contributed by atoms with Gasteiger partial charge in [0.1, 0.15) is 5.75 Å². The van der Waals surface area contributed by atoms with Gasteiger partial charge in [-0.1, -0.05) is 18.2 Å². The number of benzene rings is 2. The summed E-state index contributed by atoms with van der Waals surface area (Å²) in [5.41, 5.74) is 1.58. The zero-order valence-electron chi connectivity index (χ0n) is 11.6. The SMILES string of the molecule is COc1ccc2cc(C3NC(C)(C)CS3)ccc2c1. The average Bonchev–Trinajstić information content (AvgIpc) is 2.78. The molecule has 0 amide bonds. The summed E-state index contributed by atoms with van der Waals surface area (Å²) < 4.78 is 5.26. The molecule has 1 saturated heterocycles. The first-order valence-electron chi connectivity index (χ1n) is 6.54. The highest BCUT2D eigenvalue weighted by atomic mass is 32.2. The minimum atomic E-state index is 0.226. The maximum atomic E-state index is 5.26. The van der Waals surface area contributed by atoms with E-state index in [1.807, 2.05) is 17.8 Å². The average molecular weight is 273 g/mol. The molecule has 1 aliphatic heterocycles. The number of nitrogens with one attached hydrogen (secondary N) is 1. The Labute approximate surface area is 118 Å². The van der Waals surface area contributed by atoms with Crippen LogP contribution < -0.4 is 10.1 Å². The quantitative estimate of drug-likeness (QED) is 0.895. The van der Waals surface area contributed by atoms with E-state index in [0.29, 0.717) is 5.37 Å². The summed E-state index contributed by atoms with van der Waals surface area (Å²) in [5, 5.41) is 6.57. The van der Waals surface area contributed by atoms with Crippen molar-refractivity contribution in [2.45, 2.75) is 24.8 Å². The highest BCUT2D eigenvalue weighted by molar-refractivity contribution is 7.99. The summed E-state index contributed by atoms with van der Waals surface area (Å²) in [7, 11) is 1.71. The van der Waals surface area contributed by atoms with Gasteiger partial charge >= 0.3 is 0 Å². The van der Waals surface area contributed by atoms with Crippen LogP contribution in [0.1, 0.15) is 24.8 Å². The van der Waals surface area contributed by atoms with E-state index in [2.05, 4.69) is 49.5 Å². The molecule has 1 fully saturated rings. The smallest absolute Gasteiger partial charge is 0.119 e. The Kier molecular flexibility index (Phi) is 3.19.